The largest absolute Gasteiger partial charge is 0.465 e. The van der Waals surface area contributed by atoms with Gasteiger partial charge in [0, 0.05) is 38.2 Å². The number of amides is 6. The summed E-state index contributed by atoms with van der Waals surface area (Å²) in [4.78, 5) is 72.1. The van der Waals surface area contributed by atoms with Crippen molar-refractivity contribution in [1.82, 2.24) is 20.9 Å². The normalized spacial score (nSPS) is 17.3. The van der Waals surface area contributed by atoms with Gasteiger partial charge in [-0.2, -0.15) is 0 Å². The molecule has 0 radical (unpaired) electrons. The van der Waals surface area contributed by atoms with Crippen LogP contribution in [0, 0.1) is 0 Å². The van der Waals surface area contributed by atoms with Crippen molar-refractivity contribution in [3.05, 3.63) is 29.3 Å². The lowest BCUT2D eigenvalue weighted by Gasteiger charge is -2.27. The number of hydrogen-bond acceptors (Lipinski definition) is 8. The molecule has 1 saturated heterocycles. The van der Waals surface area contributed by atoms with Gasteiger partial charge in [0.25, 0.3) is 11.8 Å². The molecule has 3 rings (SSSR count). The van der Waals surface area contributed by atoms with Crippen LogP contribution in [0.1, 0.15) is 40.0 Å². The van der Waals surface area contributed by atoms with E-state index in [4.69, 9.17) is 9.84 Å². The number of anilines is 1. The van der Waals surface area contributed by atoms with E-state index in [2.05, 4.69) is 21.3 Å². The second-order valence-corrected chi connectivity index (χ2v) is 7.55. The van der Waals surface area contributed by atoms with Gasteiger partial charge in [0.2, 0.25) is 17.7 Å². The molecule has 1 unspecified atom stereocenters. The highest BCUT2D eigenvalue weighted by Crippen LogP contribution is 2.32. The molecule has 1 aromatic carbocycles. The van der Waals surface area contributed by atoms with E-state index < -0.39 is 35.8 Å². The van der Waals surface area contributed by atoms with Gasteiger partial charge in [-0.3, -0.25) is 34.2 Å². The third-order valence-corrected chi connectivity index (χ3v) is 5.23. The highest BCUT2D eigenvalue weighted by Gasteiger charge is 2.45. The van der Waals surface area contributed by atoms with E-state index in [9.17, 15) is 28.8 Å². The van der Waals surface area contributed by atoms with E-state index in [1.54, 1.807) is 12.1 Å². The summed E-state index contributed by atoms with van der Waals surface area (Å²) >= 11 is 0. The van der Waals surface area contributed by atoms with Gasteiger partial charge in [-0.05, 0) is 18.6 Å². The molecule has 0 aliphatic carbocycles. The van der Waals surface area contributed by atoms with Crippen molar-refractivity contribution in [2.75, 3.05) is 38.2 Å². The van der Waals surface area contributed by atoms with Crippen LogP contribution < -0.4 is 21.3 Å². The van der Waals surface area contributed by atoms with Crippen molar-refractivity contribution in [2.45, 2.75) is 25.3 Å². The van der Waals surface area contributed by atoms with Crippen molar-refractivity contribution >= 4 is 41.3 Å². The summed E-state index contributed by atoms with van der Waals surface area (Å²) < 4.78 is 5.42. The minimum Gasteiger partial charge on any atom is -0.465 e. The molecule has 0 aromatic heterocycles. The first-order chi connectivity index (χ1) is 16.3. The van der Waals surface area contributed by atoms with Gasteiger partial charge in [0.1, 0.15) is 6.04 Å². The average Bonchev–Trinajstić information content (AvgIpc) is 3.04. The first-order valence-corrected chi connectivity index (χ1v) is 10.7. The van der Waals surface area contributed by atoms with Crippen molar-refractivity contribution in [3.8, 4) is 0 Å². The van der Waals surface area contributed by atoms with E-state index in [0.29, 0.717) is 12.2 Å². The van der Waals surface area contributed by atoms with Crippen molar-refractivity contribution < 1.29 is 38.6 Å². The zero-order chi connectivity index (χ0) is 24.7. The van der Waals surface area contributed by atoms with Crippen LogP contribution in [0.2, 0.25) is 0 Å². The summed E-state index contributed by atoms with van der Waals surface area (Å²) in [6.45, 7) is 1.06. The fourth-order valence-electron chi connectivity index (χ4n) is 3.66. The maximum Gasteiger partial charge on any atom is 0.404 e. The summed E-state index contributed by atoms with van der Waals surface area (Å²) in [7, 11) is 0. The number of nitrogens with one attached hydrogen (secondary N) is 4. The van der Waals surface area contributed by atoms with Gasteiger partial charge >= 0.3 is 6.09 Å². The maximum absolute atomic E-state index is 13.0. The minimum absolute atomic E-state index is 0.0233. The molecule has 13 nitrogen and oxygen atoms in total. The summed E-state index contributed by atoms with van der Waals surface area (Å²) in [5.41, 5.74) is 0.772. The highest BCUT2D eigenvalue weighted by molar-refractivity contribution is 6.25. The molecule has 1 aromatic rings. The van der Waals surface area contributed by atoms with Crippen LogP contribution in [0.4, 0.5) is 10.5 Å². The standard InChI is InChI=1S/C21H25N5O8/c27-15(6-7-24-21(32)33)23-9-11-34-10-8-22-13-3-1-2-12-17(13)20(31)26(19(12)30)14-4-5-16(28)25-18(14)29/h1-3,14,22,24H,4-11H2,(H,23,27)(H,32,33)(H,25,28,29). The van der Waals surface area contributed by atoms with Crippen LogP contribution in [-0.2, 0) is 19.1 Å². The Labute approximate surface area is 194 Å². The number of carbonyl (C=O) groups excluding carboxylic acids is 5. The van der Waals surface area contributed by atoms with Crippen molar-refractivity contribution in [1.29, 1.82) is 0 Å². The average molecular weight is 475 g/mol. The van der Waals surface area contributed by atoms with Crippen molar-refractivity contribution in [2.24, 2.45) is 0 Å². The van der Waals surface area contributed by atoms with E-state index in [1.807, 2.05) is 0 Å². The molecular formula is C21H25N5O8. The Bertz CT molecular complexity index is 1010. The molecule has 0 bridgehead atoms. The van der Waals surface area contributed by atoms with Crippen LogP contribution in [0.3, 0.4) is 0 Å². The summed E-state index contributed by atoms with van der Waals surface area (Å²) in [6, 6.07) is 3.74. The molecule has 182 valence electrons. The zero-order valence-corrected chi connectivity index (χ0v) is 18.2. The number of carboxylic acid groups (broad SMARTS) is 1. The number of fused-ring (bicyclic) bond motifs is 1. The first-order valence-electron chi connectivity index (χ1n) is 10.7. The Hall–Kier alpha value is -4.00. The SMILES string of the molecule is O=C(O)NCCC(=O)NCCOCCNc1cccc2c1C(=O)N(C1CCC(=O)NC1=O)C2=O. The zero-order valence-electron chi connectivity index (χ0n) is 18.2. The van der Waals surface area contributed by atoms with E-state index >= 15 is 0 Å². The maximum atomic E-state index is 13.0. The molecule has 1 atom stereocenters. The number of piperidine rings is 1. The number of hydrogen-bond donors (Lipinski definition) is 5. The third kappa shape index (κ3) is 5.86. The number of carbonyl (C=O) groups is 6. The number of benzene rings is 1. The van der Waals surface area contributed by atoms with Gasteiger partial charge in [-0.15, -0.1) is 0 Å². The molecular weight excluding hydrogens is 450 g/mol. The number of nitrogens with zero attached hydrogens (tertiary/aromatic N) is 1. The Morgan fingerprint density at radius 1 is 1.06 bits per heavy atom. The lowest BCUT2D eigenvalue weighted by Crippen LogP contribution is -2.54. The number of rotatable bonds is 11. The molecule has 2 aliphatic heterocycles. The molecule has 13 heteroatoms. The molecule has 2 aliphatic rings. The van der Waals surface area contributed by atoms with Gasteiger partial charge in [0.15, 0.2) is 0 Å². The van der Waals surface area contributed by atoms with E-state index in [-0.39, 0.29) is 62.6 Å². The van der Waals surface area contributed by atoms with Crippen LogP contribution in [-0.4, -0.2) is 84.5 Å². The Morgan fingerprint density at radius 3 is 2.56 bits per heavy atom. The van der Waals surface area contributed by atoms with Crippen molar-refractivity contribution in [3.63, 3.8) is 0 Å². The fraction of sp³-hybridized carbons (Fsp3) is 0.429. The molecule has 0 saturated carbocycles. The van der Waals surface area contributed by atoms with E-state index in [0.717, 1.165) is 4.90 Å². The lowest BCUT2D eigenvalue weighted by molar-refractivity contribution is -0.136. The second kappa shape index (κ2) is 11.2. The number of imide groups is 2. The van der Waals surface area contributed by atoms with Gasteiger partial charge in [0.05, 0.1) is 24.3 Å². The minimum atomic E-state index is -1.19. The smallest absolute Gasteiger partial charge is 0.404 e. The van der Waals surface area contributed by atoms with Gasteiger partial charge in [-0.25, -0.2) is 4.79 Å². The second-order valence-electron chi connectivity index (χ2n) is 7.55. The van der Waals surface area contributed by atoms with Crippen LogP contribution in [0.15, 0.2) is 18.2 Å². The van der Waals surface area contributed by atoms with Gasteiger partial charge in [-0.1, -0.05) is 6.07 Å². The predicted octanol–water partition coefficient (Wildman–Crippen LogP) is -0.710. The monoisotopic (exact) mass is 475 g/mol. The first kappa shape index (κ1) is 24.6. The molecule has 1 fully saturated rings. The van der Waals surface area contributed by atoms with E-state index in [1.165, 1.54) is 6.07 Å². The Balaban J connectivity index is 1.45. The third-order valence-electron chi connectivity index (χ3n) is 5.23. The molecule has 34 heavy (non-hydrogen) atoms. The number of ether oxygens (including phenoxy) is 1. The topological polar surface area (TPSA) is 183 Å². The fourth-order valence-corrected chi connectivity index (χ4v) is 3.66. The Morgan fingerprint density at radius 2 is 1.82 bits per heavy atom. The molecule has 0 spiro atoms. The quantitative estimate of drug-likeness (QED) is 0.204. The molecule has 2 heterocycles. The summed E-state index contributed by atoms with van der Waals surface area (Å²) in [5.74, 6) is -2.59. The summed E-state index contributed by atoms with van der Waals surface area (Å²) in [6.07, 6.45) is -1.04. The highest BCUT2D eigenvalue weighted by atomic mass is 16.5. The van der Waals surface area contributed by atoms with Crippen LogP contribution in [0.25, 0.3) is 0 Å². The summed E-state index contributed by atoms with van der Waals surface area (Å²) in [5, 5.41) is 18.3. The van der Waals surface area contributed by atoms with Crippen LogP contribution in [0.5, 0.6) is 0 Å². The Kier molecular flexibility index (Phi) is 8.14. The molecule has 6 amide bonds. The van der Waals surface area contributed by atoms with Crippen LogP contribution >= 0.6 is 0 Å². The lowest BCUT2D eigenvalue weighted by atomic mass is 10.0. The van der Waals surface area contributed by atoms with Gasteiger partial charge < -0.3 is 25.8 Å². The predicted molar refractivity (Wildman–Crippen MR) is 116 cm³/mol. The molecule has 5 N–H and O–H groups in total.